The van der Waals surface area contributed by atoms with Crippen LogP contribution in [-0.4, -0.2) is 30.4 Å². The minimum atomic E-state index is -0.922. The maximum absolute atomic E-state index is 10.7. The van der Waals surface area contributed by atoms with Gasteiger partial charge in [-0.15, -0.1) is 0 Å². The number of rotatable bonds is 6. The second kappa shape index (κ2) is 5.02. The van der Waals surface area contributed by atoms with Crippen LogP contribution in [0.2, 0.25) is 0 Å². The lowest BCUT2D eigenvalue weighted by molar-refractivity contribution is -0.0536. The van der Waals surface area contributed by atoms with Crippen LogP contribution < -0.4 is 4.74 Å². The van der Waals surface area contributed by atoms with Crippen molar-refractivity contribution in [2.24, 2.45) is 5.92 Å². The van der Waals surface area contributed by atoms with Crippen LogP contribution >= 0.6 is 0 Å². The molecule has 0 aliphatic heterocycles. The number of aliphatic hydroxyl groups is 1. The Bertz CT molecular complexity index is 379. The molecule has 1 aliphatic rings. The van der Waals surface area contributed by atoms with Gasteiger partial charge >= 0.3 is 0 Å². The summed E-state index contributed by atoms with van der Waals surface area (Å²) in [6.07, 6.45) is 5.43. The van der Waals surface area contributed by atoms with Gasteiger partial charge in [-0.3, -0.25) is 4.98 Å². The van der Waals surface area contributed by atoms with Crippen LogP contribution in [0.3, 0.4) is 0 Å². The Labute approximate surface area is 102 Å². The highest BCUT2D eigenvalue weighted by Crippen LogP contribution is 2.46. The van der Waals surface area contributed by atoms with E-state index in [1.807, 2.05) is 13.0 Å². The molecule has 1 atom stereocenters. The minimum Gasteiger partial charge on any atom is -0.492 e. The normalized spacial score (nSPS) is 18.8. The summed E-state index contributed by atoms with van der Waals surface area (Å²) in [5.74, 6) is 0.973. The SMILES string of the molecule is CCOc1cncc(C(O)(COC)C2CC2)c1. The molecule has 2 rings (SSSR count). The predicted octanol–water partition coefficient (Wildman–Crippen LogP) is 1.72. The summed E-state index contributed by atoms with van der Waals surface area (Å²) < 4.78 is 10.5. The highest BCUT2D eigenvalue weighted by atomic mass is 16.5. The highest BCUT2D eigenvalue weighted by molar-refractivity contribution is 5.30. The number of hydrogen-bond acceptors (Lipinski definition) is 4. The molecule has 0 amide bonds. The van der Waals surface area contributed by atoms with Crippen LogP contribution in [0.1, 0.15) is 25.3 Å². The Balaban J connectivity index is 2.25. The van der Waals surface area contributed by atoms with Gasteiger partial charge in [-0.05, 0) is 31.7 Å². The van der Waals surface area contributed by atoms with E-state index in [0.717, 1.165) is 18.4 Å². The number of hydrogen-bond donors (Lipinski definition) is 1. The van der Waals surface area contributed by atoms with Gasteiger partial charge < -0.3 is 14.6 Å². The third-order valence-electron chi connectivity index (χ3n) is 3.14. The van der Waals surface area contributed by atoms with E-state index in [1.54, 1.807) is 19.5 Å². The van der Waals surface area contributed by atoms with Crippen molar-refractivity contribution in [1.82, 2.24) is 4.98 Å². The molecule has 1 N–H and O–H groups in total. The zero-order chi connectivity index (χ0) is 12.3. The van der Waals surface area contributed by atoms with Crippen LogP contribution in [-0.2, 0) is 10.3 Å². The first-order chi connectivity index (χ1) is 8.20. The second-order valence-electron chi connectivity index (χ2n) is 4.47. The number of pyridine rings is 1. The molecule has 0 saturated heterocycles. The van der Waals surface area contributed by atoms with Gasteiger partial charge in [-0.2, -0.15) is 0 Å². The Morgan fingerprint density at radius 3 is 2.82 bits per heavy atom. The van der Waals surface area contributed by atoms with Crippen LogP contribution in [0.4, 0.5) is 0 Å². The summed E-state index contributed by atoms with van der Waals surface area (Å²) in [6, 6.07) is 1.86. The predicted molar refractivity (Wildman–Crippen MR) is 63.9 cm³/mol. The molecular weight excluding hydrogens is 218 g/mol. The van der Waals surface area contributed by atoms with E-state index in [1.165, 1.54) is 0 Å². The van der Waals surface area contributed by atoms with Crippen molar-refractivity contribution < 1.29 is 14.6 Å². The number of methoxy groups -OCH3 is 1. The van der Waals surface area contributed by atoms with Crippen LogP contribution in [0.5, 0.6) is 5.75 Å². The molecule has 17 heavy (non-hydrogen) atoms. The van der Waals surface area contributed by atoms with E-state index in [9.17, 15) is 5.11 Å². The van der Waals surface area contributed by atoms with Crippen molar-refractivity contribution >= 4 is 0 Å². The molecule has 0 radical (unpaired) electrons. The first kappa shape index (κ1) is 12.3. The van der Waals surface area contributed by atoms with Gasteiger partial charge in [0.1, 0.15) is 11.4 Å². The lowest BCUT2D eigenvalue weighted by Gasteiger charge is -2.27. The lowest BCUT2D eigenvalue weighted by Crippen LogP contribution is -2.33. The average Bonchev–Trinajstić information content (AvgIpc) is 3.14. The molecule has 1 heterocycles. The van der Waals surface area contributed by atoms with E-state index in [2.05, 4.69) is 4.98 Å². The highest BCUT2D eigenvalue weighted by Gasteiger charge is 2.45. The van der Waals surface area contributed by atoms with Crippen molar-refractivity contribution in [3.8, 4) is 5.75 Å². The fraction of sp³-hybridized carbons (Fsp3) is 0.615. The molecule has 4 heteroatoms. The van der Waals surface area contributed by atoms with E-state index in [4.69, 9.17) is 9.47 Å². The minimum absolute atomic E-state index is 0.279. The van der Waals surface area contributed by atoms with Crippen LogP contribution in [0, 0.1) is 5.92 Å². The first-order valence-corrected chi connectivity index (χ1v) is 6.00. The smallest absolute Gasteiger partial charge is 0.137 e. The summed E-state index contributed by atoms with van der Waals surface area (Å²) in [5.41, 5.74) is -0.137. The molecule has 1 aromatic heterocycles. The monoisotopic (exact) mass is 237 g/mol. The molecule has 0 spiro atoms. The lowest BCUT2D eigenvalue weighted by atomic mass is 9.91. The molecule has 0 bridgehead atoms. The largest absolute Gasteiger partial charge is 0.492 e. The molecule has 4 nitrogen and oxygen atoms in total. The standard InChI is InChI=1S/C13H19NO3/c1-3-17-12-6-11(7-14-8-12)13(15,9-16-2)10-4-5-10/h6-8,10,15H,3-5,9H2,1-2H3. The zero-order valence-electron chi connectivity index (χ0n) is 10.3. The van der Waals surface area contributed by atoms with Gasteiger partial charge in [-0.1, -0.05) is 0 Å². The van der Waals surface area contributed by atoms with Crippen molar-refractivity contribution in [3.05, 3.63) is 24.0 Å². The fourth-order valence-corrected chi connectivity index (χ4v) is 2.12. The summed E-state index contributed by atoms with van der Waals surface area (Å²) in [4.78, 5) is 4.12. The maximum Gasteiger partial charge on any atom is 0.137 e. The van der Waals surface area contributed by atoms with Gasteiger partial charge in [0.2, 0.25) is 0 Å². The van der Waals surface area contributed by atoms with E-state index in [0.29, 0.717) is 19.0 Å². The van der Waals surface area contributed by atoms with Crippen LogP contribution in [0.15, 0.2) is 18.5 Å². The maximum atomic E-state index is 10.7. The summed E-state index contributed by atoms with van der Waals surface area (Å²) in [6.45, 7) is 2.82. The second-order valence-corrected chi connectivity index (χ2v) is 4.47. The number of nitrogens with zero attached hydrogens (tertiary/aromatic N) is 1. The molecule has 1 saturated carbocycles. The van der Waals surface area contributed by atoms with Crippen molar-refractivity contribution in [2.45, 2.75) is 25.4 Å². The zero-order valence-corrected chi connectivity index (χ0v) is 10.3. The van der Waals surface area contributed by atoms with Crippen LogP contribution in [0.25, 0.3) is 0 Å². The summed E-state index contributed by atoms with van der Waals surface area (Å²) in [7, 11) is 1.60. The fourth-order valence-electron chi connectivity index (χ4n) is 2.12. The first-order valence-electron chi connectivity index (χ1n) is 6.00. The molecule has 1 aromatic rings. The quantitative estimate of drug-likeness (QED) is 0.818. The van der Waals surface area contributed by atoms with Gasteiger partial charge in [0.05, 0.1) is 19.4 Å². The van der Waals surface area contributed by atoms with E-state index >= 15 is 0 Å². The molecule has 0 aromatic carbocycles. The molecule has 1 unspecified atom stereocenters. The van der Waals surface area contributed by atoms with Crippen molar-refractivity contribution in [3.63, 3.8) is 0 Å². The Hall–Kier alpha value is -1.13. The Morgan fingerprint density at radius 2 is 2.24 bits per heavy atom. The topological polar surface area (TPSA) is 51.6 Å². The van der Waals surface area contributed by atoms with E-state index < -0.39 is 5.60 Å². The average molecular weight is 237 g/mol. The molecule has 1 aliphatic carbocycles. The Kier molecular flexibility index (Phi) is 3.64. The van der Waals surface area contributed by atoms with Gasteiger partial charge in [-0.25, -0.2) is 0 Å². The van der Waals surface area contributed by atoms with Crippen molar-refractivity contribution in [2.75, 3.05) is 20.3 Å². The molecule has 94 valence electrons. The Morgan fingerprint density at radius 1 is 1.47 bits per heavy atom. The number of ether oxygens (including phenoxy) is 2. The third kappa shape index (κ3) is 2.58. The van der Waals surface area contributed by atoms with Crippen molar-refractivity contribution in [1.29, 1.82) is 0 Å². The van der Waals surface area contributed by atoms with Gasteiger partial charge in [0, 0.05) is 18.9 Å². The summed E-state index contributed by atoms with van der Waals surface area (Å²) >= 11 is 0. The van der Waals surface area contributed by atoms with Gasteiger partial charge in [0.15, 0.2) is 0 Å². The third-order valence-corrected chi connectivity index (χ3v) is 3.14. The summed E-state index contributed by atoms with van der Waals surface area (Å²) in [5, 5.41) is 10.7. The van der Waals surface area contributed by atoms with Gasteiger partial charge in [0.25, 0.3) is 0 Å². The number of aromatic nitrogens is 1. The van der Waals surface area contributed by atoms with E-state index in [-0.39, 0.29) is 5.92 Å². The molecule has 1 fully saturated rings. The molecular formula is C13H19NO3.